The molecule has 0 aliphatic carbocycles. The lowest BCUT2D eigenvalue weighted by Crippen LogP contribution is -2.25. The van der Waals surface area contributed by atoms with Crippen LogP contribution in [0.25, 0.3) is 11.0 Å². The molecule has 4 aromatic rings. The number of fused-ring (bicyclic) bond motifs is 1. The van der Waals surface area contributed by atoms with Crippen LogP contribution in [0.15, 0.2) is 72.8 Å². The van der Waals surface area contributed by atoms with Crippen LogP contribution in [0.5, 0.6) is 0 Å². The third kappa shape index (κ3) is 4.52. The molecular formula is C24H21ClFN3O. The number of amides is 1. The first-order valence-electron chi connectivity index (χ1n) is 9.83. The van der Waals surface area contributed by atoms with Crippen molar-refractivity contribution < 1.29 is 9.18 Å². The maximum atomic E-state index is 13.3. The van der Waals surface area contributed by atoms with Crippen LogP contribution in [0.4, 0.5) is 4.39 Å². The SMILES string of the molecule is O=C(NCCCc1nc2ccccc2n1Cc1ccc(F)cc1)c1ccccc1Cl. The maximum absolute atomic E-state index is 13.3. The Hall–Kier alpha value is -3.18. The number of para-hydroxylation sites is 2. The number of rotatable bonds is 7. The fraction of sp³-hybridized carbons (Fsp3) is 0.167. The van der Waals surface area contributed by atoms with E-state index in [0.717, 1.165) is 28.8 Å². The second-order valence-corrected chi connectivity index (χ2v) is 7.48. The first kappa shape index (κ1) is 20.1. The zero-order valence-corrected chi connectivity index (χ0v) is 17.1. The second kappa shape index (κ2) is 9.09. The number of hydrogen-bond donors (Lipinski definition) is 1. The highest BCUT2D eigenvalue weighted by Crippen LogP contribution is 2.19. The summed E-state index contributed by atoms with van der Waals surface area (Å²) < 4.78 is 15.4. The lowest BCUT2D eigenvalue weighted by atomic mass is 10.2. The summed E-state index contributed by atoms with van der Waals surface area (Å²) >= 11 is 6.08. The number of nitrogens with one attached hydrogen (secondary N) is 1. The molecule has 0 unspecified atom stereocenters. The van der Waals surface area contributed by atoms with E-state index in [1.54, 1.807) is 36.4 Å². The minimum absolute atomic E-state index is 0.180. The molecule has 1 heterocycles. The van der Waals surface area contributed by atoms with E-state index in [2.05, 4.69) is 9.88 Å². The average Bonchev–Trinajstić information content (AvgIpc) is 3.10. The largest absolute Gasteiger partial charge is 0.352 e. The van der Waals surface area contributed by atoms with Crippen molar-refractivity contribution in [1.29, 1.82) is 0 Å². The van der Waals surface area contributed by atoms with E-state index >= 15 is 0 Å². The summed E-state index contributed by atoms with van der Waals surface area (Å²) in [6.07, 6.45) is 1.45. The average molecular weight is 422 g/mol. The van der Waals surface area contributed by atoms with E-state index in [0.29, 0.717) is 30.1 Å². The molecule has 4 nitrogen and oxygen atoms in total. The Bertz CT molecular complexity index is 1170. The monoisotopic (exact) mass is 421 g/mol. The number of aryl methyl sites for hydroxylation is 1. The van der Waals surface area contributed by atoms with Crippen molar-refractivity contribution in [1.82, 2.24) is 14.9 Å². The molecule has 1 aromatic heterocycles. The molecule has 152 valence electrons. The van der Waals surface area contributed by atoms with Gasteiger partial charge in [0.25, 0.3) is 5.91 Å². The van der Waals surface area contributed by atoms with Crippen molar-refractivity contribution >= 4 is 28.5 Å². The molecule has 0 aliphatic heterocycles. The van der Waals surface area contributed by atoms with Gasteiger partial charge in [0, 0.05) is 19.5 Å². The minimum atomic E-state index is -0.247. The van der Waals surface area contributed by atoms with E-state index < -0.39 is 0 Å². The van der Waals surface area contributed by atoms with E-state index in [1.807, 2.05) is 24.3 Å². The molecule has 1 N–H and O–H groups in total. The van der Waals surface area contributed by atoms with Gasteiger partial charge >= 0.3 is 0 Å². The molecular weight excluding hydrogens is 401 g/mol. The molecule has 0 spiro atoms. The van der Waals surface area contributed by atoms with Crippen LogP contribution in [0.1, 0.15) is 28.2 Å². The standard InChI is InChI=1S/C24H21ClFN3O/c25-20-7-2-1-6-19(20)24(30)27-15-5-10-23-28-21-8-3-4-9-22(21)29(23)16-17-11-13-18(26)14-12-17/h1-4,6-9,11-14H,5,10,15-16H2,(H,27,30). The van der Waals surface area contributed by atoms with Crippen molar-refractivity contribution in [3.8, 4) is 0 Å². The highest BCUT2D eigenvalue weighted by atomic mass is 35.5. The normalized spacial score (nSPS) is 11.0. The molecule has 0 saturated carbocycles. The van der Waals surface area contributed by atoms with Crippen LogP contribution in [0, 0.1) is 5.82 Å². The summed E-state index contributed by atoms with van der Waals surface area (Å²) in [5, 5.41) is 3.36. The number of nitrogens with zero attached hydrogens (tertiary/aromatic N) is 2. The molecule has 0 atom stereocenters. The van der Waals surface area contributed by atoms with Gasteiger partial charge in [0.2, 0.25) is 0 Å². The van der Waals surface area contributed by atoms with Gasteiger partial charge < -0.3 is 9.88 Å². The summed E-state index contributed by atoms with van der Waals surface area (Å²) in [5.74, 6) is 0.511. The molecule has 1 amide bonds. The van der Waals surface area contributed by atoms with Gasteiger partial charge in [-0.3, -0.25) is 4.79 Å². The second-order valence-electron chi connectivity index (χ2n) is 7.07. The number of hydrogen-bond acceptors (Lipinski definition) is 2. The molecule has 4 rings (SSSR count). The number of imidazole rings is 1. The predicted octanol–water partition coefficient (Wildman–Crippen LogP) is 5.24. The van der Waals surface area contributed by atoms with E-state index in [1.165, 1.54) is 12.1 Å². The van der Waals surface area contributed by atoms with Crippen molar-refractivity contribution in [2.24, 2.45) is 0 Å². The molecule has 0 aliphatic rings. The van der Waals surface area contributed by atoms with Gasteiger partial charge in [-0.2, -0.15) is 0 Å². The maximum Gasteiger partial charge on any atom is 0.252 e. The van der Waals surface area contributed by atoms with Gasteiger partial charge in [-0.1, -0.05) is 48.0 Å². The lowest BCUT2D eigenvalue weighted by molar-refractivity contribution is 0.0953. The summed E-state index contributed by atoms with van der Waals surface area (Å²) in [4.78, 5) is 17.1. The molecule has 30 heavy (non-hydrogen) atoms. The van der Waals surface area contributed by atoms with Gasteiger partial charge in [0.05, 0.1) is 21.6 Å². The van der Waals surface area contributed by atoms with Gasteiger partial charge in [-0.15, -0.1) is 0 Å². The lowest BCUT2D eigenvalue weighted by Gasteiger charge is -2.10. The molecule has 0 saturated heterocycles. The Morgan fingerprint density at radius 3 is 2.53 bits per heavy atom. The zero-order valence-electron chi connectivity index (χ0n) is 16.3. The Labute approximate surface area is 179 Å². The summed E-state index contributed by atoms with van der Waals surface area (Å²) in [5.41, 5.74) is 3.45. The van der Waals surface area contributed by atoms with Gasteiger partial charge in [-0.25, -0.2) is 9.37 Å². The van der Waals surface area contributed by atoms with Gasteiger partial charge in [-0.05, 0) is 48.4 Å². The molecule has 0 fully saturated rings. The Morgan fingerprint density at radius 2 is 1.73 bits per heavy atom. The fourth-order valence-electron chi connectivity index (χ4n) is 3.45. The van der Waals surface area contributed by atoms with Crippen LogP contribution in [-0.2, 0) is 13.0 Å². The number of carbonyl (C=O) groups is 1. The van der Waals surface area contributed by atoms with E-state index in [9.17, 15) is 9.18 Å². The highest BCUT2D eigenvalue weighted by molar-refractivity contribution is 6.33. The third-order valence-electron chi connectivity index (χ3n) is 4.97. The number of carbonyl (C=O) groups excluding carboxylic acids is 1. The molecule has 0 bridgehead atoms. The van der Waals surface area contributed by atoms with Crippen LogP contribution in [-0.4, -0.2) is 22.0 Å². The van der Waals surface area contributed by atoms with Crippen LogP contribution >= 0.6 is 11.6 Å². The van der Waals surface area contributed by atoms with Crippen LogP contribution in [0.2, 0.25) is 5.02 Å². The topological polar surface area (TPSA) is 46.9 Å². The smallest absolute Gasteiger partial charge is 0.252 e. The van der Waals surface area contributed by atoms with E-state index in [-0.39, 0.29) is 11.7 Å². The summed E-state index contributed by atoms with van der Waals surface area (Å²) in [6.45, 7) is 1.13. The van der Waals surface area contributed by atoms with Gasteiger partial charge in [0.1, 0.15) is 11.6 Å². The van der Waals surface area contributed by atoms with Crippen molar-refractivity contribution in [2.75, 3.05) is 6.54 Å². The van der Waals surface area contributed by atoms with Crippen LogP contribution in [0.3, 0.4) is 0 Å². The van der Waals surface area contributed by atoms with Gasteiger partial charge in [0.15, 0.2) is 0 Å². The Morgan fingerprint density at radius 1 is 1.00 bits per heavy atom. The Balaban J connectivity index is 1.45. The zero-order chi connectivity index (χ0) is 20.9. The third-order valence-corrected chi connectivity index (χ3v) is 5.30. The number of aromatic nitrogens is 2. The van der Waals surface area contributed by atoms with Crippen molar-refractivity contribution in [3.63, 3.8) is 0 Å². The minimum Gasteiger partial charge on any atom is -0.352 e. The molecule has 0 radical (unpaired) electrons. The summed E-state index contributed by atoms with van der Waals surface area (Å²) in [6, 6.07) is 21.5. The Kier molecular flexibility index (Phi) is 6.10. The number of halogens is 2. The quantitative estimate of drug-likeness (QED) is 0.415. The van der Waals surface area contributed by atoms with Crippen molar-refractivity contribution in [3.05, 3.63) is 101 Å². The first-order chi connectivity index (χ1) is 14.6. The molecule has 6 heteroatoms. The fourth-order valence-corrected chi connectivity index (χ4v) is 3.68. The van der Waals surface area contributed by atoms with Crippen molar-refractivity contribution in [2.45, 2.75) is 19.4 Å². The van der Waals surface area contributed by atoms with E-state index in [4.69, 9.17) is 16.6 Å². The predicted molar refractivity (Wildman–Crippen MR) is 117 cm³/mol. The first-order valence-corrected chi connectivity index (χ1v) is 10.2. The number of benzene rings is 3. The summed E-state index contributed by atoms with van der Waals surface area (Å²) in [7, 11) is 0. The highest BCUT2D eigenvalue weighted by Gasteiger charge is 2.12. The molecule has 3 aromatic carbocycles. The van der Waals surface area contributed by atoms with Crippen LogP contribution < -0.4 is 5.32 Å².